The second-order valence-corrected chi connectivity index (χ2v) is 6.48. The zero-order chi connectivity index (χ0) is 16.2. The molecule has 23 heavy (non-hydrogen) atoms. The Hall–Kier alpha value is -1.50. The van der Waals surface area contributed by atoms with Gasteiger partial charge in [-0.15, -0.1) is 0 Å². The lowest BCUT2D eigenvalue weighted by molar-refractivity contribution is -0.131. The van der Waals surface area contributed by atoms with Crippen molar-refractivity contribution in [1.29, 1.82) is 0 Å². The molecular formula is C17H24FN3O2. The van der Waals surface area contributed by atoms with E-state index in [1.54, 1.807) is 17.0 Å². The summed E-state index contributed by atoms with van der Waals surface area (Å²) in [4.78, 5) is 15.9. The van der Waals surface area contributed by atoms with Crippen molar-refractivity contribution in [3.8, 4) is 0 Å². The van der Waals surface area contributed by atoms with Gasteiger partial charge in [-0.2, -0.15) is 0 Å². The minimum Gasteiger partial charge on any atom is -0.390 e. The van der Waals surface area contributed by atoms with Crippen LogP contribution in [0.15, 0.2) is 24.3 Å². The maximum Gasteiger partial charge on any atom is 0.236 e. The largest absolute Gasteiger partial charge is 0.390 e. The summed E-state index contributed by atoms with van der Waals surface area (Å²) in [6.45, 7) is 2.79. The third kappa shape index (κ3) is 4.73. The SMILES string of the molecule is O=C(CNC1CC1)N1CCN(Cc2ccccc2F)CC(O)C1. The van der Waals surface area contributed by atoms with Gasteiger partial charge in [-0.25, -0.2) is 4.39 Å². The molecule has 1 aliphatic heterocycles. The highest BCUT2D eigenvalue weighted by atomic mass is 19.1. The van der Waals surface area contributed by atoms with Crippen LogP contribution in [0.25, 0.3) is 0 Å². The van der Waals surface area contributed by atoms with Crippen molar-refractivity contribution < 1.29 is 14.3 Å². The zero-order valence-corrected chi connectivity index (χ0v) is 13.2. The molecule has 0 radical (unpaired) electrons. The predicted molar refractivity (Wildman–Crippen MR) is 85.3 cm³/mol. The lowest BCUT2D eigenvalue weighted by Gasteiger charge is -2.22. The molecule has 6 heteroatoms. The molecule has 1 heterocycles. The number of aliphatic hydroxyl groups excluding tert-OH is 1. The molecule has 1 atom stereocenters. The Morgan fingerprint density at radius 1 is 1.26 bits per heavy atom. The number of benzene rings is 1. The second kappa shape index (κ2) is 7.38. The van der Waals surface area contributed by atoms with E-state index in [1.165, 1.54) is 6.07 Å². The molecule has 1 aromatic rings. The fraction of sp³-hybridized carbons (Fsp3) is 0.588. The van der Waals surface area contributed by atoms with E-state index in [-0.39, 0.29) is 11.7 Å². The highest BCUT2D eigenvalue weighted by molar-refractivity contribution is 5.78. The van der Waals surface area contributed by atoms with E-state index >= 15 is 0 Å². The number of nitrogens with one attached hydrogen (secondary N) is 1. The van der Waals surface area contributed by atoms with Crippen LogP contribution in [-0.2, 0) is 11.3 Å². The Kier molecular flexibility index (Phi) is 5.25. The van der Waals surface area contributed by atoms with E-state index in [2.05, 4.69) is 5.32 Å². The molecule has 1 unspecified atom stereocenters. The van der Waals surface area contributed by atoms with Crippen LogP contribution in [0, 0.1) is 5.82 Å². The lowest BCUT2D eigenvalue weighted by atomic mass is 10.2. The standard InChI is InChI=1S/C17H24FN3O2/c18-16-4-2-1-3-13(16)10-20-7-8-21(12-15(22)11-20)17(23)9-19-14-5-6-14/h1-4,14-15,19,22H,5-12H2. The van der Waals surface area contributed by atoms with Crippen LogP contribution in [0.1, 0.15) is 18.4 Å². The van der Waals surface area contributed by atoms with Gasteiger partial charge in [-0.05, 0) is 18.9 Å². The van der Waals surface area contributed by atoms with E-state index in [0.29, 0.717) is 50.9 Å². The summed E-state index contributed by atoms with van der Waals surface area (Å²) >= 11 is 0. The van der Waals surface area contributed by atoms with Gasteiger partial charge >= 0.3 is 0 Å². The van der Waals surface area contributed by atoms with Crippen LogP contribution in [0.4, 0.5) is 4.39 Å². The Bertz CT molecular complexity index is 550. The molecule has 1 amide bonds. The highest BCUT2D eigenvalue weighted by Crippen LogP contribution is 2.18. The third-order valence-corrected chi connectivity index (χ3v) is 4.41. The van der Waals surface area contributed by atoms with Crippen LogP contribution in [0.3, 0.4) is 0 Å². The molecule has 1 saturated carbocycles. The summed E-state index contributed by atoms with van der Waals surface area (Å²) in [5, 5.41) is 13.4. The van der Waals surface area contributed by atoms with Crippen molar-refractivity contribution in [3.05, 3.63) is 35.6 Å². The Labute approximate surface area is 136 Å². The Balaban J connectivity index is 1.54. The van der Waals surface area contributed by atoms with Crippen LogP contribution in [0.5, 0.6) is 0 Å². The third-order valence-electron chi connectivity index (χ3n) is 4.41. The number of carbonyl (C=O) groups excluding carboxylic acids is 1. The van der Waals surface area contributed by atoms with Crippen LogP contribution in [0.2, 0.25) is 0 Å². The normalized spacial score (nSPS) is 22.9. The first-order valence-corrected chi connectivity index (χ1v) is 8.27. The minimum absolute atomic E-state index is 0.0312. The fourth-order valence-electron chi connectivity index (χ4n) is 2.92. The Morgan fingerprint density at radius 3 is 2.78 bits per heavy atom. The molecule has 0 spiro atoms. The number of amides is 1. The van der Waals surface area contributed by atoms with Gasteiger partial charge in [0, 0.05) is 44.3 Å². The number of rotatable bonds is 5. The van der Waals surface area contributed by atoms with Crippen LogP contribution >= 0.6 is 0 Å². The van der Waals surface area contributed by atoms with Gasteiger partial charge in [0.2, 0.25) is 5.91 Å². The van der Waals surface area contributed by atoms with Gasteiger partial charge in [-0.1, -0.05) is 18.2 Å². The van der Waals surface area contributed by atoms with Crippen LogP contribution < -0.4 is 5.32 Å². The molecule has 0 aromatic heterocycles. The van der Waals surface area contributed by atoms with E-state index < -0.39 is 6.10 Å². The van der Waals surface area contributed by atoms with Crippen molar-refractivity contribution in [1.82, 2.24) is 15.1 Å². The molecule has 0 bridgehead atoms. The van der Waals surface area contributed by atoms with E-state index in [4.69, 9.17) is 0 Å². The van der Waals surface area contributed by atoms with Crippen molar-refractivity contribution in [2.75, 3.05) is 32.7 Å². The second-order valence-electron chi connectivity index (χ2n) is 6.48. The van der Waals surface area contributed by atoms with Gasteiger partial charge in [-0.3, -0.25) is 9.69 Å². The van der Waals surface area contributed by atoms with E-state index in [9.17, 15) is 14.3 Å². The topological polar surface area (TPSA) is 55.8 Å². The molecular weight excluding hydrogens is 297 g/mol. The van der Waals surface area contributed by atoms with Crippen molar-refractivity contribution in [3.63, 3.8) is 0 Å². The molecule has 2 fully saturated rings. The first-order valence-electron chi connectivity index (χ1n) is 8.27. The number of halogens is 1. The molecule has 2 aliphatic rings. The molecule has 2 N–H and O–H groups in total. The molecule has 3 rings (SSSR count). The summed E-state index contributed by atoms with van der Waals surface area (Å²) < 4.78 is 13.8. The zero-order valence-electron chi connectivity index (χ0n) is 13.2. The highest BCUT2D eigenvalue weighted by Gasteiger charge is 2.26. The smallest absolute Gasteiger partial charge is 0.236 e. The fourth-order valence-corrected chi connectivity index (χ4v) is 2.92. The van der Waals surface area contributed by atoms with Crippen molar-refractivity contribution in [2.45, 2.75) is 31.5 Å². The molecule has 1 saturated heterocycles. The van der Waals surface area contributed by atoms with Gasteiger partial charge in [0.05, 0.1) is 12.6 Å². The number of carbonyl (C=O) groups is 1. The van der Waals surface area contributed by atoms with Gasteiger partial charge in [0.15, 0.2) is 0 Å². The minimum atomic E-state index is -0.603. The lowest BCUT2D eigenvalue weighted by Crippen LogP contribution is -2.42. The summed E-state index contributed by atoms with van der Waals surface area (Å²) in [5.41, 5.74) is 0.620. The summed E-state index contributed by atoms with van der Waals surface area (Å²) in [5.74, 6) is -0.198. The molecule has 1 aliphatic carbocycles. The molecule has 5 nitrogen and oxygen atoms in total. The average Bonchev–Trinajstić information content (AvgIpc) is 3.35. The molecule has 126 valence electrons. The summed E-state index contributed by atoms with van der Waals surface area (Å²) in [7, 11) is 0. The van der Waals surface area contributed by atoms with Gasteiger partial charge in [0.25, 0.3) is 0 Å². The number of hydrogen-bond acceptors (Lipinski definition) is 4. The summed E-state index contributed by atoms with van der Waals surface area (Å²) in [6, 6.07) is 7.18. The van der Waals surface area contributed by atoms with Gasteiger partial charge in [0.1, 0.15) is 5.82 Å². The monoisotopic (exact) mass is 321 g/mol. The van der Waals surface area contributed by atoms with E-state index in [1.807, 2.05) is 11.0 Å². The molecule has 1 aromatic carbocycles. The number of β-amino-alcohol motifs (C(OH)–C–C–N with tert-alkyl or cyclic N) is 1. The van der Waals surface area contributed by atoms with Gasteiger partial charge < -0.3 is 15.3 Å². The first-order chi connectivity index (χ1) is 11.1. The average molecular weight is 321 g/mol. The quantitative estimate of drug-likeness (QED) is 0.833. The first kappa shape index (κ1) is 16.4. The maximum absolute atomic E-state index is 13.8. The van der Waals surface area contributed by atoms with Crippen LogP contribution in [-0.4, -0.2) is 65.7 Å². The Morgan fingerprint density at radius 2 is 2.04 bits per heavy atom. The number of nitrogens with zero attached hydrogens (tertiary/aromatic N) is 2. The van der Waals surface area contributed by atoms with Crippen molar-refractivity contribution in [2.24, 2.45) is 0 Å². The van der Waals surface area contributed by atoms with E-state index in [0.717, 1.165) is 12.8 Å². The number of hydrogen-bond donors (Lipinski definition) is 2. The summed E-state index contributed by atoms with van der Waals surface area (Å²) in [6.07, 6.45) is 1.69. The number of aliphatic hydroxyl groups is 1. The van der Waals surface area contributed by atoms with Crippen molar-refractivity contribution >= 4 is 5.91 Å². The maximum atomic E-state index is 13.8. The predicted octanol–water partition coefficient (Wildman–Crippen LogP) is 0.583.